The van der Waals surface area contributed by atoms with Crippen LogP contribution in [0.4, 0.5) is 17.3 Å². The maximum absolute atomic E-state index is 12.8. The third-order valence-electron chi connectivity index (χ3n) is 5.85. The van der Waals surface area contributed by atoms with Crippen molar-refractivity contribution in [2.75, 3.05) is 48.8 Å². The first kappa shape index (κ1) is 23.2. The third kappa shape index (κ3) is 5.49. The number of anilines is 3. The van der Waals surface area contributed by atoms with Gasteiger partial charge in [-0.05, 0) is 49.4 Å². The molecule has 0 aliphatic carbocycles. The van der Waals surface area contributed by atoms with Crippen LogP contribution in [0.15, 0.2) is 67.0 Å². The number of rotatable bonds is 7. The summed E-state index contributed by atoms with van der Waals surface area (Å²) in [5, 5.41) is 5.79. The summed E-state index contributed by atoms with van der Waals surface area (Å²) >= 11 is 0. The zero-order valence-electron chi connectivity index (χ0n) is 19.3. The average Bonchev–Trinajstić information content (AvgIpc) is 2.89. The number of carbonyl (C=O) groups excluding carboxylic acids is 2. The van der Waals surface area contributed by atoms with E-state index in [4.69, 9.17) is 4.74 Å². The fourth-order valence-corrected chi connectivity index (χ4v) is 3.82. The minimum atomic E-state index is -0.285. The lowest BCUT2D eigenvalue weighted by Crippen LogP contribution is -2.53. The van der Waals surface area contributed by atoms with Crippen LogP contribution in [0.2, 0.25) is 0 Å². The van der Waals surface area contributed by atoms with Gasteiger partial charge in [-0.25, -0.2) is 9.97 Å². The number of piperazine rings is 1. The Labute approximate surface area is 198 Å². The van der Waals surface area contributed by atoms with Gasteiger partial charge in [0.05, 0.1) is 18.8 Å². The molecule has 34 heavy (non-hydrogen) atoms. The summed E-state index contributed by atoms with van der Waals surface area (Å²) in [7, 11) is 1.56. The molecule has 2 aromatic carbocycles. The van der Waals surface area contributed by atoms with E-state index in [2.05, 4.69) is 30.4 Å². The van der Waals surface area contributed by atoms with Gasteiger partial charge < -0.3 is 20.3 Å². The average molecular weight is 461 g/mol. The van der Waals surface area contributed by atoms with Crippen molar-refractivity contribution in [2.45, 2.75) is 13.0 Å². The summed E-state index contributed by atoms with van der Waals surface area (Å²) in [6.07, 6.45) is 3.47. The smallest absolute Gasteiger partial charge is 0.255 e. The van der Waals surface area contributed by atoms with Crippen LogP contribution in [0, 0.1) is 0 Å². The van der Waals surface area contributed by atoms with Gasteiger partial charge in [0.15, 0.2) is 0 Å². The zero-order valence-corrected chi connectivity index (χ0v) is 19.3. The predicted octanol–water partition coefficient (Wildman–Crippen LogP) is 2.89. The van der Waals surface area contributed by atoms with Crippen LogP contribution in [0.5, 0.6) is 5.75 Å². The molecule has 2 amide bonds. The van der Waals surface area contributed by atoms with E-state index in [0.717, 1.165) is 26.2 Å². The van der Waals surface area contributed by atoms with Crippen LogP contribution >= 0.6 is 0 Å². The van der Waals surface area contributed by atoms with Crippen LogP contribution in [0.25, 0.3) is 0 Å². The largest absolute Gasteiger partial charge is 0.495 e. The molecule has 0 radical (unpaired) electrons. The Morgan fingerprint density at radius 1 is 0.912 bits per heavy atom. The molecule has 0 bridgehead atoms. The summed E-state index contributed by atoms with van der Waals surface area (Å²) < 4.78 is 5.27. The van der Waals surface area contributed by atoms with Gasteiger partial charge in [-0.2, -0.15) is 0 Å². The highest BCUT2D eigenvalue weighted by atomic mass is 16.5. The molecule has 1 fully saturated rings. The quantitative estimate of drug-likeness (QED) is 0.559. The van der Waals surface area contributed by atoms with Crippen molar-refractivity contribution >= 4 is 29.1 Å². The van der Waals surface area contributed by atoms with E-state index in [1.54, 1.807) is 62.0 Å². The monoisotopic (exact) mass is 460 g/mol. The lowest BCUT2D eigenvalue weighted by atomic mass is 10.1. The maximum Gasteiger partial charge on any atom is 0.255 e. The summed E-state index contributed by atoms with van der Waals surface area (Å²) in [4.78, 5) is 38.3. The fourth-order valence-electron chi connectivity index (χ4n) is 3.82. The highest BCUT2D eigenvalue weighted by Crippen LogP contribution is 2.24. The molecule has 3 aromatic rings. The Bertz CT molecular complexity index is 1120. The molecule has 2 heterocycles. The number of methoxy groups -OCH3 is 1. The second kappa shape index (κ2) is 10.8. The minimum Gasteiger partial charge on any atom is -0.495 e. The van der Waals surface area contributed by atoms with Crippen molar-refractivity contribution in [2.24, 2.45) is 0 Å². The molecule has 1 aromatic heterocycles. The lowest BCUT2D eigenvalue weighted by Gasteiger charge is -2.37. The van der Waals surface area contributed by atoms with E-state index in [1.807, 2.05) is 19.1 Å². The number of nitrogens with zero attached hydrogens (tertiary/aromatic N) is 4. The van der Waals surface area contributed by atoms with Gasteiger partial charge in [-0.1, -0.05) is 12.1 Å². The first-order valence-corrected chi connectivity index (χ1v) is 11.2. The van der Waals surface area contributed by atoms with E-state index in [9.17, 15) is 9.59 Å². The second-order valence-corrected chi connectivity index (χ2v) is 7.97. The van der Waals surface area contributed by atoms with Crippen molar-refractivity contribution in [1.29, 1.82) is 0 Å². The molecule has 9 heteroatoms. The van der Waals surface area contributed by atoms with Crippen molar-refractivity contribution in [3.8, 4) is 5.75 Å². The first-order chi connectivity index (χ1) is 16.5. The van der Waals surface area contributed by atoms with Gasteiger partial charge in [-0.15, -0.1) is 0 Å². The number of hydrogen-bond acceptors (Lipinski definition) is 7. The van der Waals surface area contributed by atoms with Gasteiger partial charge in [0.25, 0.3) is 5.91 Å². The maximum atomic E-state index is 12.8. The summed E-state index contributed by atoms with van der Waals surface area (Å²) in [5.41, 5.74) is 1.72. The van der Waals surface area contributed by atoms with Crippen molar-refractivity contribution in [1.82, 2.24) is 14.9 Å². The van der Waals surface area contributed by atoms with Crippen molar-refractivity contribution in [3.05, 3.63) is 72.6 Å². The number of aromatic nitrogens is 2. The number of para-hydroxylation sites is 2. The van der Waals surface area contributed by atoms with Gasteiger partial charge >= 0.3 is 0 Å². The molecular weight excluding hydrogens is 432 g/mol. The fraction of sp³-hybridized carbons (Fsp3) is 0.280. The van der Waals surface area contributed by atoms with Crippen LogP contribution < -0.4 is 20.3 Å². The Hall–Kier alpha value is -3.98. The van der Waals surface area contributed by atoms with Crippen molar-refractivity contribution < 1.29 is 14.3 Å². The molecule has 176 valence electrons. The number of hydrogen-bond donors (Lipinski definition) is 2. The van der Waals surface area contributed by atoms with E-state index in [1.165, 1.54) is 0 Å². The highest BCUT2D eigenvalue weighted by Gasteiger charge is 2.26. The molecule has 1 aliphatic rings. The summed E-state index contributed by atoms with van der Waals surface area (Å²) in [6, 6.07) is 15.6. The van der Waals surface area contributed by atoms with Gasteiger partial charge in [-0.3, -0.25) is 14.5 Å². The molecule has 0 saturated carbocycles. The van der Waals surface area contributed by atoms with E-state index < -0.39 is 0 Å². The van der Waals surface area contributed by atoms with Crippen LogP contribution in [0.1, 0.15) is 17.3 Å². The number of carbonyl (C=O) groups is 2. The van der Waals surface area contributed by atoms with E-state index >= 15 is 0 Å². The van der Waals surface area contributed by atoms with Crippen LogP contribution in [-0.4, -0.2) is 66.0 Å². The molecular formula is C25H28N6O3. The Morgan fingerprint density at radius 3 is 2.26 bits per heavy atom. The molecule has 4 rings (SSSR count). The van der Waals surface area contributed by atoms with Gasteiger partial charge in [0.1, 0.15) is 5.75 Å². The number of benzene rings is 2. The SMILES string of the molecule is COc1ccccc1NC(=O)c1ccc(NC(=O)C(C)N2CCN(c3ncccn3)CC2)cc1. The Morgan fingerprint density at radius 2 is 1.59 bits per heavy atom. The summed E-state index contributed by atoms with van der Waals surface area (Å²) in [5.74, 6) is 0.964. The topological polar surface area (TPSA) is 99.7 Å². The predicted molar refractivity (Wildman–Crippen MR) is 131 cm³/mol. The van der Waals surface area contributed by atoms with Crippen LogP contribution in [-0.2, 0) is 4.79 Å². The lowest BCUT2D eigenvalue weighted by molar-refractivity contribution is -0.120. The van der Waals surface area contributed by atoms with E-state index in [-0.39, 0.29) is 17.9 Å². The second-order valence-electron chi connectivity index (χ2n) is 7.97. The molecule has 1 saturated heterocycles. The Kier molecular flexibility index (Phi) is 7.34. The molecule has 0 spiro atoms. The molecule has 1 unspecified atom stereocenters. The standard InChI is InChI=1S/C25H28N6O3/c1-18(30-14-16-31(17-15-30)25-26-12-5-13-27-25)23(32)28-20-10-8-19(9-11-20)24(33)29-21-6-3-4-7-22(21)34-2/h3-13,18H,14-17H2,1-2H3,(H,28,32)(H,29,33). The number of ether oxygens (including phenoxy) is 1. The highest BCUT2D eigenvalue weighted by molar-refractivity contribution is 6.05. The third-order valence-corrected chi connectivity index (χ3v) is 5.85. The summed E-state index contributed by atoms with van der Waals surface area (Å²) in [6.45, 7) is 4.91. The zero-order chi connectivity index (χ0) is 23.9. The number of amides is 2. The van der Waals surface area contributed by atoms with Gasteiger partial charge in [0, 0.05) is 49.8 Å². The number of nitrogens with one attached hydrogen (secondary N) is 2. The molecule has 1 aliphatic heterocycles. The van der Waals surface area contributed by atoms with Crippen LogP contribution in [0.3, 0.4) is 0 Å². The molecule has 9 nitrogen and oxygen atoms in total. The van der Waals surface area contributed by atoms with Gasteiger partial charge in [0.2, 0.25) is 11.9 Å². The van der Waals surface area contributed by atoms with E-state index in [0.29, 0.717) is 28.6 Å². The minimum absolute atomic E-state index is 0.0874. The normalized spacial score (nSPS) is 14.8. The molecule has 1 atom stereocenters. The first-order valence-electron chi connectivity index (χ1n) is 11.2. The Balaban J connectivity index is 1.30. The van der Waals surface area contributed by atoms with Crippen molar-refractivity contribution in [3.63, 3.8) is 0 Å². The molecule has 2 N–H and O–H groups in total.